The summed E-state index contributed by atoms with van der Waals surface area (Å²) in [6.07, 6.45) is 11.9. The van der Waals surface area contributed by atoms with Crippen molar-refractivity contribution in [1.82, 2.24) is 0 Å². The first-order valence-electron chi connectivity index (χ1n) is 15.1. The Bertz CT molecular complexity index is 889. The summed E-state index contributed by atoms with van der Waals surface area (Å²) in [5.41, 5.74) is 0.122. The fraction of sp³-hybridized carbons (Fsp3) is 0.969. The van der Waals surface area contributed by atoms with Crippen molar-refractivity contribution in [2.24, 2.45) is 45.3 Å². The van der Waals surface area contributed by atoms with Crippen molar-refractivity contribution in [2.45, 2.75) is 150 Å². The van der Waals surface area contributed by atoms with Gasteiger partial charge >= 0.3 is 5.97 Å². The van der Waals surface area contributed by atoms with Crippen LogP contribution in [0, 0.1) is 45.3 Å². The predicted molar refractivity (Wildman–Crippen MR) is 143 cm³/mol. The molecule has 5 fully saturated rings. The second kappa shape index (κ2) is 8.20. The van der Waals surface area contributed by atoms with E-state index in [-0.39, 0.29) is 29.2 Å². The average Bonchev–Trinajstić information content (AvgIpc) is 3.32. The Balaban J connectivity index is 1.42. The van der Waals surface area contributed by atoms with Gasteiger partial charge in [0.05, 0.1) is 17.3 Å². The molecule has 0 spiro atoms. The van der Waals surface area contributed by atoms with Crippen molar-refractivity contribution in [2.75, 3.05) is 0 Å². The van der Waals surface area contributed by atoms with Crippen molar-refractivity contribution >= 4 is 5.97 Å². The maximum absolute atomic E-state index is 11.9. The second-order valence-corrected chi connectivity index (χ2v) is 15.9. The maximum Gasteiger partial charge on any atom is 0.302 e. The van der Waals surface area contributed by atoms with Gasteiger partial charge in [-0.3, -0.25) is 4.79 Å². The molecule has 4 heteroatoms. The van der Waals surface area contributed by atoms with E-state index in [0.717, 1.165) is 25.2 Å². The Labute approximate surface area is 220 Å². The van der Waals surface area contributed by atoms with Gasteiger partial charge in [0.25, 0.3) is 0 Å². The number of hydrogen-bond donors (Lipinski definition) is 1. The summed E-state index contributed by atoms with van der Waals surface area (Å²) in [5, 5.41) is 10.7. The van der Waals surface area contributed by atoms with Gasteiger partial charge in [-0.05, 0) is 125 Å². The predicted octanol–water partition coefficient (Wildman–Crippen LogP) is 7.31. The lowest BCUT2D eigenvalue weighted by atomic mass is 9.35. The Kier molecular flexibility index (Phi) is 6.14. The third-order valence-electron chi connectivity index (χ3n) is 13.5. The van der Waals surface area contributed by atoms with Crippen LogP contribution in [0.1, 0.15) is 127 Å². The van der Waals surface area contributed by atoms with Gasteiger partial charge in [0.1, 0.15) is 6.10 Å². The molecule has 1 saturated heterocycles. The molecule has 0 aromatic rings. The lowest BCUT2D eigenvalue weighted by Crippen LogP contribution is -2.64. The molecule has 10 atom stereocenters. The number of ether oxygens (including phenoxy) is 2. The van der Waals surface area contributed by atoms with Crippen LogP contribution in [0.25, 0.3) is 0 Å². The molecule has 0 aromatic heterocycles. The van der Waals surface area contributed by atoms with Gasteiger partial charge in [-0.2, -0.15) is 0 Å². The maximum atomic E-state index is 11.9. The van der Waals surface area contributed by atoms with Crippen LogP contribution in [-0.2, 0) is 14.3 Å². The highest BCUT2D eigenvalue weighted by Gasteiger charge is 2.70. The largest absolute Gasteiger partial charge is 0.462 e. The lowest BCUT2D eigenvalue weighted by molar-refractivity contribution is -0.231. The number of hydrogen-bond acceptors (Lipinski definition) is 4. The average molecular weight is 503 g/mol. The van der Waals surface area contributed by atoms with Gasteiger partial charge in [-0.15, -0.1) is 0 Å². The summed E-state index contributed by atoms with van der Waals surface area (Å²) >= 11 is 0. The van der Waals surface area contributed by atoms with E-state index in [2.05, 4.69) is 41.5 Å². The molecule has 36 heavy (non-hydrogen) atoms. The van der Waals surface area contributed by atoms with Crippen molar-refractivity contribution < 1.29 is 19.4 Å². The third-order valence-corrected chi connectivity index (χ3v) is 13.5. The SMILES string of the molecule is CC(=O)O[C@@H]1CC[C@]2(C)[C@H]3CC[C@@H]4[C@@H]([C@@]5(C)CC[C@@H](C(C)(C)O)O5)CC[C@@]4(C)[C@]3(C)CC[C@H]2C1(C)C. The van der Waals surface area contributed by atoms with Gasteiger partial charge in [0.2, 0.25) is 0 Å². The van der Waals surface area contributed by atoms with Gasteiger partial charge in [-0.25, -0.2) is 0 Å². The van der Waals surface area contributed by atoms with Crippen LogP contribution in [0.4, 0.5) is 0 Å². The molecule has 0 aromatic carbocycles. The Morgan fingerprint density at radius 3 is 2.08 bits per heavy atom. The summed E-state index contributed by atoms with van der Waals surface area (Å²) in [6.45, 7) is 20.4. The van der Waals surface area contributed by atoms with Crippen LogP contribution < -0.4 is 0 Å². The molecular weight excluding hydrogens is 448 g/mol. The monoisotopic (exact) mass is 502 g/mol. The van der Waals surface area contributed by atoms with Gasteiger partial charge in [-0.1, -0.05) is 34.6 Å². The second-order valence-electron chi connectivity index (χ2n) is 15.9. The minimum absolute atomic E-state index is 0.0211. The van der Waals surface area contributed by atoms with Crippen LogP contribution in [0.5, 0.6) is 0 Å². The van der Waals surface area contributed by atoms with Crippen molar-refractivity contribution in [3.63, 3.8) is 0 Å². The number of esters is 1. The standard InChI is InChI=1S/C32H54O4/c1-20(33)35-25-14-16-29(6)23(27(25,2)3)13-18-31(8)24(29)11-10-21-22(12-17-30(21,31)7)32(9)19-15-26(36-32)28(4,5)34/h21-26,34H,10-19H2,1-9H3/t21-,22+,23+,24-,25-,26+,29+,30-,31-,32-/m1/s1. The molecule has 1 aliphatic heterocycles. The fourth-order valence-electron chi connectivity index (χ4n) is 11.5. The van der Waals surface area contributed by atoms with E-state index in [1.807, 2.05) is 13.8 Å². The van der Waals surface area contributed by atoms with Crippen LogP contribution in [0.2, 0.25) is 0 Å². The van der Waals surface area contributed by atoms with E-state index in [1.165, 1.54) is 44.9 Å². The van der Waals surface area contributed by atoms with E-state index in [4.69, 9.17) is 9.47 Å². The summed E-state index contributed by atoms with van der Waals surface area (Å²) in [6, 6.07) is 0. The molecule has 1 heterocycles. The minimum atomic E-state index is -0.770. The Morgan fingerprint density at radius 1 is 0.806 bits per heavy atom. The van der Waals surface area contributed by atoms with E-state index in [1.54, 1.807) is 6.92 Å². The van der Waals surface area contributed by atoms with Crippen LogP contribution in [0.3, 0.4) is 0 Å². The lowest BCUT2D eigenvalue weighted by Gasteiger charge is -2.70. The fourth-order valence-corrected chi connectivity index (χ4v) is 11.5. The molecule has 4 aliphatic carbocycles. The minimum Gasteiger partial charge on any atom is -0.462 e. The number of aliphatic hydroxyl groups is 1. The van der Waals surface area contributed by atoms with Crippen LogP contribution in [-0.4, -0.2) is 34.5 Å². The Morgan fingerprint density at radius 2 is 1.47 bits per heavy atom. The van der Waals surface area contributed by atoms with E-state index < -0.39 is 5.60 Å². The quantitative estimate of drug-likeness (QED) is 0.411. The van der Waals surface area contributed by atoms with Crippen molar-refractivity contribution in [3.05, 3.63) is 0 Å². The summed E-state index contributed by atoms with van der Waals surface area (Å²) in [7, 11) is 0. The van der Waals surface area contributed by atoms with E-state index in [9.17, 15) is 9.90 Å². The smallest absolute Gasteiger partial charge is 0.302 e. The van der Waals surface area contributed by atoms with Gasteiger partial charge < -0.3 is 14.6 Å². The van der Waals surface area contributed by atoms with E-state index >= 15 is 0 Å². The first-order chi connectivity index (χ1) is 16.5. The van der Waals surface area contributed by atoms with Gasteiger partial charge in [0, 0.05) is 12.3 Å². The first kappa shape index (κ1) is 27.0. The van der Waals surface area contributed by atoms with Gasteiger partial charge in [0.15, 0.2) is 0 Å². The summed E-state index contributed by atoms with van der Waals surface area (Å²) in [5.74, 6) is 2.49. The highest BCUT2D eigenvalue weighted by molar-refractivity contribution is 5.66. The normalized spacial score (nSPS) is 52.3. The zero-order valence-electron chi connectivity index (χ0n) is 24.7. The molecule has 4 nitrogen and oxygen atoms in total. The molecule has 0 unspecified atom stereocenters. The molecular formula is C32H54O4. The number of rotatable bonds is 3. The highest BCUT2D eigenvalue weighted by atomic mass is 16.5. The molecule has 206 valence electrons. The third kappa shape index (κ3) is 3.62. The molecule has 0 amide bonds. The van der Waals surface area contributed by atoms with Crippen LogP contribution in [0.15, 0.2) is 0 Å². The molecule has 0 bridgehead atoms. The molecule has 5 rings (SSSR count). The first-order valence-corrected chi connectivity index (χ1v) is 15.1. The number of carbonyl (C=O) groups is 1. The Hall–Kier alpha value is -0.610. The van der Waals surface area contributed by atoms with Crippen molar-refractivity contribution in [1.29, 1.82) is 0 Å². The molecule has 0 radical (unpaired) electrons. The zero-order chi connectivity index (χ0) is 26.5. The van der Waals surface area contributed by atoms with Crippen molar-refractivity contribution in [3.8, 4) is 0 Å². The topological polar surface area (TPSA) is 55.8 Å². The number of fused-ring (bicyclic) bond motifs is 5. The molecule has 1 N–H and O–H groups in total. The number of carbonyl (C=O) groups excluding carboxylic acids is 1. The summed E-state index contributed by atoms with van der Waals surface area (Å²) in [4.78, 5) is 11.9. The molecule has 5 aliphatic rings. The summed E-state index contributed by atoms with van der Waals surface area (Å²) < 4.78 is 12.6. The van der Waals surface area contributed by atoms with Crippen LogP contribution >= 0.6 is 0 Å². The zero-order valence-corrected chi connectivity index (χ0v) is 24.7. The highest BCUT2D eigenvalue weighted by Crippen LogP contribution is 2.76. The molecule has 4 saturated carbocycles. The van der Waals surface area contributed by atoms with E-state index in [0.29, 0.717) is 34.0 Å².